The number of benzene rings is 1. The predicted molar refractivity (Wildman–Crippen MR) is 109 cm³/mol. The van der Waals surface area contributed by atoms with Gasteiger partial charge in [-0.3, -0.25) is 0 Å². The molecule has 0 bridgehead atoms. The van der Waals surface area contributed by atoms with Crippen LogP contribution in [0.2, 0.25) is 0 Å². The van der Waals surface area contributed by atoms with Crippen molar-refractivity contribution in [3.63, 3.8) is 0 Å². The fourth-order valence-electron chi connectivity index (χ4n) is 2.13. The van der Waals surface area contributed by atoms with E-state index in [1.807, 2.05) is 48.7 Å². The first-order chi connectivity index (χ1) is 10.7. The lowest BCUT2D eigenvalue weighted by atomic mass is 10.3. The van der Waals surface area contributed by atoms with Crippen LogP contribution in [-0.4, -0.2) is 24.0 Å². The smallest absolute Gasteiger partial charge is 0.193 e. The van der Waals surface area contributed by atoms with Gasteiger partial charge in [-0.15, -0.1) is 24.0 Å². The van der Waals surface area contributed by atoms with Crippen molar-refractivity contribution in [3.8, 4) is 0 Å². The number of nitrogens with zero attached hydrogens (tertiary/aromatic N) is 3. The summed E-state index contributed by atoms with van der Waals surface area (Å²) in [7, 11) is 0. The molecule has 1 aromatic carbocycles. The van der Waals surface area contributed by atoms with E-state index >= 15 is 0 Å². The minimum atomic E-state index is 0. The first-order valence-electron chi connectivity index (χ1n) is 7.54. The molecule has 124 valence electrons. The fraction of sp³-hybridized carbons (Fsp3) is 0.294. The van der Waals surface area contributed by atoms with Crippen molar-refractivity contribution >= 4 is 41.4 Å². The molecule has 0 atom stereocenters. The summed E-state index contributed by atoms with van der Waals surface area (Å²) in [6.45, 7) is 6.67. The number of pyridine rings is 1. The molecular formula is C17H24IN5. The summed E-state index contributed by atoms with van der Waals surface area (Å²) in [5.41, 5.74) is 7.85. The second-order valence-electron chi connectivity index (χ2n) is 4.89. The molecule has 0 radical (unpaired) electrons. The van der Waals surface area contributed by atoms with Crippen molar-refractivity contribution in [3.05, 3.63) is 54.2 Å². The molecule has 3 N–H and O–H groups in total. The Balaban J connectivity index is 0.00000264. The summed E-state index contributed by atoms with van der Waals surface area (Å²) in [6.07, 6.45) is 1.85. The van der Waals surface area contributed by atoms with Gasteiger partial charge in [0, 0.05) is 25.0 Å². The SMILES string of the molecule is CCN(CC)c1ccc(CN=C(N)Nc2ccccc2)cn1.I. The van der Waals surface area contributed by atoms with Crippen molar-refractivity contribution in [1.82, 2.24) is 4.98 Å². The monoisotopic (exact) mass is 425 g/mol. The summed E-state index contributed by atoms with van der Waals surface area (Å²) in [4.78, 5) is 11.0. The number of aromatic nitrogens is 1. The highest BCUT2D eigenvalue weighted by Gasteiger charge is 2.02. The van der Waals surface area contributed by atoms with E-state index in [0.29, 0.717) is 12.5 Å². The first-order valence-corrected chi connectivity index (χ1v) is 7.54. The van der Waals surface area contributed by atoms with Gasteiger partial charge >= 0.3 is 0 Å². The van der Waals surface area contributed by atoms with E-state index in [-0.39, 0.29) is 24.0 Å². The molecule has 0 aliphatic carbocycles. The molecule has 0 amide bonds. The number of nitrogens with one attached hydrogen (secondary N) is 1. The molecule has 0 saturated heterocycles. The highest BCUT2D eigenvalue weighted by molar-refractivity contribution is 14.0. The van der Waals surface area contributed by atoms with Gasteiger partial charge in [-0.1, -0.05) is 24.3 Å². The van der Waals surface area contributed by atoms with Gasteiger partial charge in [-0.25, -0.2) is 9.98 Å². The van der Waals surface area contributed by atoms with Gasteiger partial charge in [-0.2, -0.15) is 0 Å². The highest BCUT2D eigenvalue weighted by atomic mass is 127. The highest BCUT2D eigenvalue weighted by Crippen LogP contribution is 2.11. The lowest BCUT2D eigenvalue weighted by molar-refractivity contribution is 0.843. The number of para-hydroxylation sites is 1. The predicted octanol–water partition coefficient (Wildman–Crippen LogP) is 3.47. The summed E-state index contributed by atoms with van der Waals surface area (Å²) >= 11 is 0. The molecule has 0 saturated carbocycles. The topological polar surface area (TPSA) is 66.5 Å². The van der Waals surface area contributed by atoms with Crippen molar-refractivity contribution in [1.29, 1.82) is 0 Å². The molecule has 5 nitrogen and oxygen atoms in total. The first kappa shape index (κ1) is 19.2. The Morgan fingerprint density at radius 3 is 2.39 bits per heavy atom. The Morgan fingerprint density at radius 2 is 1.83 bits per heavy atom. The zero-order valence-electron chi connectivity index (χ0n) is 13.6. The molecule has 0 aliphatic rings. The van der Waals surface area contributed by atoms with Crippen LogP contribution in [0.3, 0.4) is 0 Å². The number of hydrogen-bond donors (Lipinski definition) is 2. The maximum atomic E-state index is 5.88. The van der Waals surface area contributed by atoms with Crippen LogP contribution in [0.15, 0.2) is 53.7 Å². The molecule has 0 aliphatic heterocycles. The third kappa shape index (κ3) is 6.05. The summed E-state index contributed by atoms with van der Waals surface area (Å²) in [5, 5.41) is 3.06. The normalized spacial score (nSPS) is 10.8. The van der Waals surface area contributed by atoms with Crippen LogP contribution in [-0.2, 0) is 6.54 Å². The summed E-state index contributed by atoms with van der Waals surface area (Å²) in [5.74, 6) is 1.40. The van der Waals surface area contributed by atoms with Crippen molar-refractivity contribution in [2.45, 2.75) is 20.4 Å². The molecular weight excluding hydrogens is 401 g/mol. The largest absolute Gasteiger partial charge is 0.370 e. The third-order valence-corrected chi connectivity index (χ3v) is 3.37. The van der Waals surface area contributed by atoms with E-state index in [1.165, 1.54) is 0 Å². The van der Waals surface area contributed by atoms with Crippen LogP contribution < -0.4 is 16.0 Å². The number of nitrogens with two attached hydrogens (primary N) is 1. The van der Waals surface area contributed by atoms with Gasteiger partial charge in [0.05, 0.1) is 6.54 Å². The average Bonchev–Trinajstić information content (AvgIpc) is 2.56. The Kier molecular flexibility index (Phi) is 8.39. The molecule has 0 unspecified atom stereocenters. The average molecular weight is 425 g/mol. The molecule has 23 heavy (non-hydrogen) atoms. The maximum Gasteiger partial charge on any atom is 0.193 e. The molecule has 0 spiro atoms. The van der Waals surface area contributed by atoms with E-state index in [0.717, 1.165) is 30.2 Å². The standard InChI is InChI=1S/C17H23N5.HI/c1-3-22(4-2)16-11-10-14(12-19-16)13-20-17(18)21-15-8-6-5-7-9-15;/h5-12H,3-4,13H2,1-2H3,(H3,18,20,21);1H. The summed E-state index contributed by atoms with van der Waals surface area (Å²) in [6, 6.07) is 13.8. The lowest BCUT2D eigenvalue weighted by Crippen LogP contribution is -2.23. The maximum absolute atomic E-state index is 5.88. The molecule has 6 heteroatoms. The Bertz CT molecular complexity index is 594. The minimum Gasteiger partial charge on any atom is -0.370 e. The Hall–Kier alpha value is -1.83. The van der Waals surface area contributed by atoms with Crippen molar-refractivity contribution in [2.75, 3.05) is 23.3 Å². The Morgan fingerprint density at radius 1 is 1.13 bits per heavy atom. The van der Waals surface area contributed by atoms with Crippen LogP contribution in [0.25, 0.3) is 0 Å². The molecule has 0 fully saturated rings. The van der Waals surface area contributed by atoms with Crippen LogP contribution >= 0.6 is 24.0 Å². The summed E-state index contributed by atoms with van der Waals surface area (Å²) < 4.78 is 0. The minimum absolute atomic E-state index is 0. The second-order valence-corrected chi connectivity index (χ2v) is 4.89. The van der Waals surface area contributed by atoms with Crippen LogP contribution in [0, 0.1) is 0 Å². The van der Waals surface area contributed by atoms with Gasteiger partial charge in [0.25, 0.3) is 0 Å². The van der Waals surface area contributed by atoms with Gasteiger partial charge in [-0.05, 0) is 37.6 Å². The number of aliphatic imine (C=N–C) groups is 1. The van der Waals surface area contributed by atoms with E-state index in [2.05, 4.69) is 34.0 Å². The molecule has 2 aromatic rings. The lowest BCUT2D eigenvalue weighted by Gasteiger charge is -2.19. The number of hydrogen-bond acceptors (Lipinski definition) is 3. The van der Waals surface area contributed by atoms with Crippen LogP contribution in [0.5, 0.6) is 0 Å². The van der Waals surface area contributed by atoms with Crippen molar-refractivity contribution < 1.29 is 0 Å². The van der Waals surface area contributed by atoms with Gasteiger partial charge in [0.2, 0.25) is 0 Å². The zero-order valence-corrected chi connectivity index (χ0v) is 15.9. The molecule has 1 heterocycles. The number of guanidine groups is 1. The zero-order chi connectivity index (χ0) is 15.8. The quantitative estimate of drug-likeness (QED) is 0.423. The van der Waals surface area contributed by atoms with Crippen molar-refractivity contribution in [2.24, 2.45) is 10.7 Å². The van der Waals surface area contributed by atoms with E-state index in [9.17, 15) is 0 Å². The second kappa shape index (κ2) is 10.0. The Labute approximate surface area is 155 Å². The van der Waals surface area contributed by atoms with Crippen LogP contribution in [0.4, 0.5) is 11.5 Å². The third-order valence-electron chi connectivity index (χ3n) is 3.37. The number of anilines is 2. The van der Waals surface area contributed by atoms with Crippen LogP contribution in [0.1, 0.15) is 19.4 Å². The van der Waals surface area contributed by atoms with E-state index in [1.54, 1.807) is 0 Å². The van der Waals surface area contributed by atoms with E-state index in [4.69, 9.17) is 5.73 Å². The molecule has 1 aromatic heterocycles. The van der Waals surface area contributed by atoms with Gasteiger partial charge in [0.15, 0.2) is 5.96 Å². The number of rotatable bonds is 6. The van der Waals surface area contributed by atoms with Gasteiger partial charge in [0.1, 0.15) is 5.82 Å². The van der Waals surface area contributed by atoms with E-state index < -0.39 is 0 Å². The molecule has 2 rings (SSSR count). The van der Waals surface area contributed by atoms with Gasteiger partial charge < -0.3 is 16.0 Å². The fourth-order valence-corrected chi connectivity index (χ4v) is 2.13. The number of halogens is 1.